The van der Waals surface area contributed by atoms with Crippen LogP contribution < -0.4 is 20.5 Å². The summed E-state index contributed by atoms with van der Waals surface area (Å²) in [5.41, 5.74) is 2.49. The number of aryl methyl sites for hydroxylation is 1. The third-order valence-corrected chi connectivity index (χ3v) is 4.48. The minimum atomic E-state index is -3.69. The molecule has 8 heteroatoms. The molecule has 2 amide bonds. The van der Waals surface area contributed by atoms with Gasteiger partial charge in [0.1, 0.15) is 5.75 Å². The van der Waals surface area contributed by atoms with Gasteiger partial charge in [-0.25, -0.2) is 18.4 Å². The number of primary sulfonamides is 1. The van der Waals surface area contributed by atoms with E-state index in [1.807, 2.05) is 19.1 Å². The van der Waals surface area contributed by atoms with Gasteiger partial charge in [0.2, 0.25) is 10.0 Å². The smallest absolute Gasteiger partial charge is 0.319 e. The van der Waals surface area contributed by atoms with Gasteiger partial charge in [-0.05, 0) is 48.7 Å². The van der Waals surface area contributed by atoms with Gasteiger partial charge >= 0.3 is 6.03 Å². The van der Waals surface area contributed by atoms with E-state index in [4.69, 9.17) is 9.88 Å². The van der Waals surface area contributed by atoms with E-state index < -0.39 is 10.0 Å². The van der Waals surface area contributed by atoms with Crippen molar-refractivity contribution >= 4 is 21.7 Å². The maximum atomic E-state index is 12.0. The molecule has 0 atom stereocenters. The fraction of sp³-hybridized carbons (Fsp3) is 0.235. The molecule has 134 valence electrons. The van der Waals surface area contributed by atoms with Gasteiger partial charge in [-0.2, -0.15) is 0 Å². The highest BCUT2D eigenvalue weighted by molar-refractivity contribution is 7.89. The van der Waals surface area contributed by atoms with E-state index in [0.29, 0.717) is 24.4 Å². The molecule has 2 rings (SSSR count). The molecule has 0 fully saturated rings. The summed E-state index contributed by atoms with van der Waals surface area (Å²) in [5.74, 6) is 0.583. The number of methoxy groups -OCH3 is 1. The second-order valence-corrected chi connectivity index (χ2v) is 7.09. The summed E-state index contributed by atoms with van der Waals surface area (Å²) in [5, 5.41) is 10.5. The van der Waals surface area contributed by atoms with Crippen LogP contribution in [0.4, 0.5) is 10.5 Å². The highest BCUT2D eigenvalue weighted by Crippen LogP contribution is 2.24. The van der Waals surface area contributed by atoms with Crippen LogP contribution in [0.2, 0.25) is 0 Å². The largest absolute Gasteiger partial charge is 0.495 e. The number of hydrogen-bond acceptors (Lipinski definition) is 4. The van der Waals surface area contributed by atoms with Gasteiger partial charge < -0.3 is 15.4 Å². The zero-order valence-electron chi connectivity index (χ0n) is 14.1. The molecular weight excluding hydrogens is 342 g/mol. The summed E-state index contributed by atoms with van der Waals surface area (Å²) in [4.78, 5) is 12.1. The minimum Gasteiger partial charge on any atom is -0.495 e. The summed E-state index contributed by atoms with van der Waals surface area (Å²) < 4.78 is 27.6. The molecule has 0 bridgehead atoms. The van der Waals surface area contributed by atoms with Crippen LogP contribution in [0.5, 0.6) is 5.75 Å². The van der Waals surface area contributed by atoms with Crippen LogP contribution in [0.1, 0.15) is 11.1 Å². The van der Waals surface area contributed by atoms with Crippen molar-refractivity contribution in [1.82, 2.24) is 5.32 Å². The molecule has 0 aliphatic carbocycles. The van der Waals surface area contributed by atoms with Crippen molar-refractivity contribution in [3.63, 3.8) is 0 Å². The van der Waals surface area contributed by atoms with E-state index in [0.717, 1.165) is 11.1 Å². The quantitative estimate of drug-likeness (QED) is 0.729. The van der Waals surface area contributed by atoms with E-state index in [1.54, 1.807) is 25.3 Å². The van der Waals surface area contributed by atoms with E-state index in [9.17, 15) is 13.2 Å². The molecule has 25 heavy (non-hydrogen) atoms. The second kappa shape index (κ2) is 8.00. The van der Waals surface area contributed by atoms with Crippen LogP contribution >= 0.6 is 0 Å². The maximum absolute atomic E-state index is 12.0. The number of hydrogen-bond donors (Lipinski definition) is 3. The van der Waals surface area contributed by atoms with E-state index in [1.165, 1.54) is 12.1 Å². The fourth-order valence-corrected chi connectivity index (χ4v) is 2.77. The molecule has 0 radical (unpaired) electrons. The van der Waals surface area contributed by atoms with Gasteiger partial charge in [0.25, 0.3) is 0 Å². The lowest BCUT2D eigenvalue weighted by Crippen LogP contribution is -2.30. The lowest BCUT2D eigenvalue weighted by molar-refractivity contribution is 0.252. The first-order chi connectivity index (χ1) is 11.8. The Morgan fingerprint density at radius 1 is 1.16 bits per heavy atom. The SMILES string of the molecule is COc1ccc(C)cc1NC(=O)NCCc1ccc(S(N)(=O)=O)cc1. The molecule has 0 aromatic heterocycles. The van der Waals surface area contributed by atoms with Crippen LogP contribution in [0, 0.1) is 6.92 Å². The summed E-state index contributed by atoms with van der Waals surface area (Å²) in [6.45, 7) is 2.32. The third kappa shape index (κ3) is 5.47. The molecule has 0 aliphatic rings. The number of urea groups is 1. The summed E-state index contributed by atoms with van der Waals surface area (Å²) in [6, 6.07) is 11.4. The Balaban J connectivity index is 1.88. The average molecular weight is 363 g/mol. The molecular formula is C17H21N3O4S. The second-order valence-electron chi connectivity index (χ2n) is 5.52. The third-order valence-electron chi connectivity index (χ3n) is 3.55. The summed E-state index contributed by atoms with van der Waals surface area (Å²) >= 11 is 0. The zero-order chi connectivity index (χ0) is 18.4. The van der Waals surface area contributed by atoms with Crippen molar-refractivity contribution in [2.45, 2.75) is 18.2 Å². The fourth-order valence-electron chi connectivity index (χ4n) is 2.25. The molecule has 7 nitrogen and oxygen atoms in total. The molecule has 2 aromatic rings. The first-order valence-corrected chi connectivity index (χ1v) is 9.15. The Hall–Kier alpha value is -2.58. The molecule has 2 aromatic carbocycles. The number of nitrogens with one attached hydrogen (secondary N) is 2. The van der Waals surface area contributed by atoms with Crippen LogP contribution in [-0.2, 0) is 16.4 Å². The van der Waals surface area contributed by atoms with Crippen LogP contribution in [-0.4, -0.2) is 28.1 Å². The Morgan fingerprint density at radius 3 is 2.44 bits per heavy atom. The number of benzene rings is 2. The molecule has 4 N–H and O–H groups in total. The number of carbonyl (C=O) groups is 1. The van der Waals surface area contributed by atoms with E-state index in [2.05, 4.69) is 10.6 Å². The monoisotopic (exact) mass is 363 g/mol. The Labute approximate surface area is 147 Å². The molecule has 0 saturated heterocycles. The Bertz CT molecular complexity index is 849. The number of anilines is 1. The normalized spacial score (nSPS) is 11.0. The standard InChI is InChI=1S/C17H21N3O4S/c1-12-3-8-16(24-2)15(11-12)20-17(21)19-10-9-13-4-6-14(7-5-13)25(18,22)23/h3-8,11H,9-10H2,1-2H3,(H2,18,22,23)(H2,19,20,21). The van der Waals surface area contributed by atoms with Crippen molar-refractivity contribution in [2.75, 3.05) is 19.0 Å². The number of sulfonamides is 1. The van der Waals surface area contributed by atoms with Crippen molar-refractivity contribution in [3.05, 3.63) is 53.6 Å². The lowest BCUT2D eigenvalue weighted by atomic mass is 10.1. The summed E-state index contributed by atoms with van der Waals surface area (Å²) in [6.07, 6.45) is 0.559. The zero-order valence-corrected chi connectivity index (χ0v) is 14.9. The number of nitrogens with two attached hydrogens (primary N) is 1. The van der Waals surface area contributed by atoms with Crippen molar-refractivity contribution in [2.24, 2.45) is 5.14 Å². The molecule has 0 unspecified atom stereocenters. The number of amides is 2. The van der Waals surface area contributed by atoms with Gasteiger partial charge in [0.05, 0.1) is 17.7 Å². The van der Waals surface area contributed by atoms with Crippen LogP contribution in [0.3, 0.4) is 0 Å². The predicted molar refractivity (Wildman–Crippen MR) is 96.3 cm³/mol. The van der Waals surface area contributed by atoms with E-state index in [-0.39, 0.29) is 10.9 Å². The first-order valence-electron chi connectivity index (χ1n) is 7.61. The van der Waals surface area contributed by atoms with Gasteiger partial charge in [0.15, 0.2) is 0 Å². The van der Waals surface area contributed by atoms with Gasteiger partial charge in [-0.15, -0.1) is 0 Å². The van der Waals surface area contributed by atoms with Crippen LogP contribution in [0.25, 0.3) is 0 Å². The van der Waals surface area contributed by atoms with E-state index >= 15 is 0 Å². The van der Waals surface area contributed by atoms with Gasteiger partial charge in [-0.3, -0.25) is 0 Å². The van der Waals surface area contributed by atoms with Crippen molar-refractivity contribution in [1.29, 1.82) is 0 Å². The minimum absolute atomic E-state index is 0.0634. The van der Waals surface area contributed by atoms with Gasteiger partial charge in [-0.1, -0.05) is 18.2 Å². The average Bonchev–Trinajstić information content (AvgIpc) is 2.55. The lowest BCUT2D eigenvalue weighted by Gasteiger charge is -2.12. The Kier molecular flexibility index (Phi) is 6.00. The predicted octanol–water partition coefficient (Wildman–Crippen LogP) is 2.02. The molecule has 0 aliphatic heterocycles. The highest BCUT2D eigenvalue weighted by atomic mass is 32.2. The highest BCUT2D eigenvalue weighted by Gasteiger charge is 2.08. The topological polar surface area (TPSA) is 111 Å². The maximum Gasteiger partial charge on any atom is 0.319 e. The number of ether oxygens (including phenoxy) is 1. The van der Waals surface area contributed by atoms with Crippen LogP contribution in [0.15, 0.2) is 47.4 Å². The Morgan fingerprint density at radius 2 is 1.84 bits per heavy atom. The molecule has 0 spiro atoms. The van der Waals surface area contributed by atoms with Crippen molar-refractivity contribution in [3.8, 4) is 5.75 Å². The summed E-state index contributed by atoms with van der Waals surface area (Å²) in [7, 11) is -2.15. The molecule has 0 saturated carbocycles. The first kappa shape index (κ1) is 18.8. The number of carbonyl (C=O) groups excluding carboxylic acids is 1. The molecule has 0 heterocycles. The van der Waals surface area contributed by atoms with Gasteiger partial charge in [0, 0.05) is 6.54 Å². The number of rotatable bonds is 6. The van der Waals surface area contributed by atoms with Crippen molar-refractivity contribution < 1.29 is 17.9 Å².